The molecule has 5 heteroatoms. The number of rotatable bonds is 3. The number of hydrogen-bond acceptors (Lipinski definition) is 5. The van der Waals surface area contributed by atoms with Crippen molar-refractivity contribution in [1.82, 2.24) is 4.98 Å². The molecule has 2 heterocycles. The minimum atomic E-state index is -0.332. The Bertz CT molecular complexity index is 991. The van der Waals surface area contributed by atoms with E-state index in [4.69, 9.17) is 9.47 Å². The van der Waals surface area contributed by atoms with E-state index in [1.165, 1.54) is 0 Å². The largest absolute Gasteiger partial charge is 0.462 e. The Labute approximate surface area is 158 Å². The number of carbonyl (C=O) groups excluding carboxylic acids is 1. The summed E-state index contributed by atoms with van der Waals surface area (Å²) in [6.45, 7) is 7.73. The van der Waals surface area contributed by atoms with Crippen LogP contribution < -0.4 is 4.90 Å². The molecule has 1 fully saturated rings. The fourth-order valence-electron chi connectivity index (χ4n) is 3.98. The summed E-state index contributed by atoms with van der Waals surface area (Å²) < 4.78 is 11.2. The average molecular weight is 364 g/mol. The van der Waals surface area contributed by atoms with Crippen LogP contribution in [0.5, 0.6) is 0 Å². The molecule has 0 N–H and O–H groups in total. The Hall–Kier alpha value is -2.66. The fourth-order valence-corrected chi connectivity index (χ4v) is 3.98. The lowest BCUT2D eigenvalue weighted by molar-refractivity contribution is -0.00526. The summed E-state index contributed by atoms with van der Waals surface area (Å²) in [6, 6.07) is 12.3. The van der Waals surface area contributed by atoms with E-state index in [-0.39, 0.29) is 18.2 Å². The number of pyridine rings is 1. The van der Waals surface area contributed by atoms with Gasteiger partial charge >= 0.3 is 5.97 Å². The van der Waals surface area contributed by atoms with E-state index in [0.717, 1.165) is 40.5 Å². The first-order valence-corrected chi connectivity index (χ1v) is 9.46. The predicted octanol–water partition coefficient (Wildman–Crippen LogP) is 4.18. The van der Waals surface area contributed by atoms with E-state index < -0.39 is 0 Å². The van der Waals surface area contributed by atoms with E-state index >= 15 is 0 Å². The van der Waals surface area contributed by atoms with E-state index in [0.29, 0.717) is 12.2 Å². The lowest BCUT2D eigenvalue weighted by atomic mass is 10.0. The van der Waals surface area contributed by atoms with Gasteiger partial charge in [0.15, 0.2) is 0 Å². The number of morpholine rings is 1. The molecule has 0 spiro atoms. The van der Waals surface area contributed by atoms with Gasteiger partial charge < -0.3 is 14.4 Å². The monoisotopic (exact) mass is 364 g/mol. The maximum absolute atomic E-state index is 12.7. The first kappa shape index (κ1) is 17.7. The number of benzene rings is 2. The molecule has 5 nitrogen and oxygen atoms in total. The highest BCUT2D eigenvalue weighted by Gasteiger charge is 2.28. The lowest BCUT2D eigenvalue weighted by Crippen LogP contribution is -2.46. The summed E-state index contributed by atoms with van der Waals surface area (Å²) in [7, 11) is 0. The molecule has 4 rings (SSSR count). The van der Waals surface area contributed by atoms with E-state index in [1.54, 1.807) is 6.20 Å². The number of ether oxygens (including phenoxy) is 2. The van der Waals surface area contributed by atoms with Crippen molar-refractivity contribution in [2.45, 2.75) is 33.0 Å². The normalized spacial score (nSPS) is 20.2. The third-order valence-corrected chi connectivity index (χ3v) is 4.96. The molecule has 0 bridgehead atoms. The third-order valence-electron chi connectivity index (χ3n) is 4.96. The highest BCUT2D eigenvalue weighted by Crippen LogP contribution is 2.35. The molecule has 0 saturated carbocycles. The summed E-state index contributed by atoms with van der Waals surface area (Å²) in [4.78, 5) is 19.5. The SMILES string of the molecule is CCOC(=O)c1cnc2c(ccc3ccccc32)c1N1CC(C)OC(C)C1. The van der Waals surface area contributed by atoms with Gasteiger partial charge in [-0.15, -0.1) is 0 Å². The summed E-state index contributed by atoms with van der Waals surface area (Å²) in [5, 5.41) is 3.19. The van der Waals surface area contributed by atoms with Gasteiger partial charge in [0.1, 0.15) is 5.56 Å². The summed E-state index contributed by atoms with van der Waals surface area (Å²) >= 11 is 0. The third kappa shape index (κ3) is 3.23. The molecule has 0 amide bonds. The molecule has 140 valence electrons. The van der Waals surface area contributed by atoms with Gasteiger partial charge in [-0.2, -0.15) is 0 Å². The maximum atomic E-state index is 12.7. The van der Waals surface area contributed by atoms with Crippen molar-refractivity contribution in [3.63, 3.8) is 0 Å². The van der Waals surface area contributed by atoms with Gasteiger partial charge in [0, 0.05) is 30.1 Å². The zero-order valence-electron chi connectivity index (χ0n) is 15.9. The van der Waals surface area contributed by atoms with Crippen LogP contribution in [0.15, 0.2) is 42.6 Å². The molecule has 2 unspecified atom stereocenters. The number of aromatic nitrogens is 1. The van der Waals surface area contributed by atoms with Gasteiger partial charge in [0.2, 0.25) is 0 Å². The summed E-state index contributed by atoms with van der Waals surface area (Å²) in [5.41, 5.74) is 2.31. The van der Waals surface area contributed by atoms with Crippen LogP contribution in [0.25, 0.3) is 21.7 Å². The number of hydrogen-bond donors (Lipinski definition) is 0. The smallest absolute Gasteiger partial charge is 0.341 e. The maximum Gasteiger partial charge on any atom is 0.341 e. The zero-order chi connectivity index (χ0) is 19.0. The van der Waals surface area contributed by atoms with Crippen molar-refractivity contribution < 1.29 is 14.3 Å². The predicted molar refractivity (Wildman–Crippen MR) is 107 cm³/mol. The molecule has 0 radical (unpaired) electrons. The van der Waals surface area contributed by atoms with Crippen LogP contribution in [0.2, 0.25) is 0 Å². The van der Waals surface area contributed by atoms with Crippen molar-refractivity contribution in [2.24, 2.45) is 0 Å². The average Bonchev–Trinajstić information content (AvgIpc) is 2.66. The molecule has 27 heavy (non-hydrogen) atoms. The van der Waals surface area contributed by atoms with Crippen LogP contribution in [-0.4, -0.2) is 42.9 Å². The summed E-state index contributed by atoms with van der Waals surface area (Å²) in [6.07, 6.45) is 1.84. The standard InChI is InChI=1S/C22H24N2O3/c1-4-26-22(25)19-11-23-20-17-8-6-5-7-16(17)9-10-18(20)21(19)24-12-14(2)27-15(3)13-24/h5-11,14-15H,4,12-13H2,1-3H3. The van der Waals surface area contributed by atoms with Crippen molar-refractivity contribution in [3.05, 3.63) is 48.2 Å². The highest BCUT2D eigenvalue weighted by molar-refractivity contribution is 6.13. The molecule has 0 aliphatic carbocycles. The van der Waals surface area contributed by atoms with Crippen molar-refractivity contribution in [2.75, 3.05) is 24.6 Å². The first-order chi connectivity index (χ1) is 13.1. The van der Waals surface area contributed by atoms with Crippen molar-refractivity contribution in [3.8, 4) is 0 Å². The van der Waals surface area contributed by atoms with E-state index in [2.05, 4.69) is 48.0 Å². The second-order valence-corrected chi connectivity index (χ2v) is 7.09. The van der Waals surface area contributed by atoms with E-state index in [9.17, 15) is 4.79 Å². The molecule has 1 aliphatic heterocycles. The molecule has 2 aromatic carbocycles. The number of esters is 1. The highest BCUT2D eigenvalue weighted by atomic mass is 16.5. The van der Waals surface area contributed by atoms with Crippen LogP contribution in [0, 0.1) is 0 Å². The zero-order valence-corrected chi connectivity index (χ0v) is 15.9. The first-order valence-electron chi connectivity index (χ1n) is 9.46. The van der Waals surface area contributed by atoms with Crippen LogP contribution in [0.1, 0.15) is 31.1 Å². The van der Waals surface area contributed by atoms with Crippen molar-refractivity contribution in [1.29, 1.82) is 0 Å². The topological polar surface area (TPSA) is 51.7 Å². The van der Waals surface area contributed by atoms with Crippen molar-refractivity contribution >= 4 is 33.3 Å². The Morgan fingerprint density at radius 3 is 2.63 bits per heavy atom. The Kier molecular flexibility index (Phi) is 4.70. The molecular weight excluding hydrogens is 340 g/mol. The molecule has 3 aromatic rings. The Morgan fingerprint density at radius 2 is 1.89 bits per heavy atom. The van der Waals surface area contributed by atoms with E-state index in [1.807, 2.05) is 19.1 Å². The minimum absolute atomic E-state index is 0.0902. The molecule has 1 aromatic heterocycles. The Morgan fingerprint density at radius 1 is 1.15 bits per heavy atom. The van der Waals surface area contributed by atoms with Gasteiger partial charge in [-0.3, -0.25) is 4.98 Å². The van der Waals surface area contributed by atoms with Gasteiger partial charge in [-0.1, -0.05) is 36.4 Å². The minimum Gasteiger partial charge on any atom is -0.462 e. The second kappa shape index (κ2) is 7.16. The molecule has 1 aliphatic rings. The van der Waals surface area contributed by atoms with Crippen LogP contribution in [0.3, 0.4) is 0 Å². The van der Waals surface area contributed by atoms with Gasteiger partial charge in [-0.25, -0.2) is 4.79 Å². The number of fused-ring (bicyclic) bond motifs is 3. The fraction of sp³-hybridized carbons (Fsp3) is 0.364. The molecule has 1 saturated heterocycles. The molecular formula is C22H24N2O3. The quantitative estimate of drug-likeness (QED) is 0.515. The number of anilines is 1. The number of carbonyl (C=O) groups is 1. The summed E-state index contributed by atoms with van der Waals surface area (Å²) in [5.74, 6) is -0.332. The molecule has 2 atom stereocenters. The second-order valence-electron chi connectivity index (χ2n) is 7.09. The van der Waals surface area contributed by atoms with Gasteiger partial charge in [0.05, 0.1) is 30.0 Å². The van der Waals surface area contributed by atoms with Gasteiger partial charge in [-0.05, 0) is 26.2 Å². The van der Waals surface area contributed by atoms with Crippen LogP contribution in [-0.2, 0) is 9.47 Å². The lowest BCUT2D eigenvalue weighted by Gasteiger charge is -2.38. The number of nitrogens with zero attached hydrogens (tertiary/aromatic N) is 2. The van der Waals surface area contributed by atoms with Gasteiger partial charge in [0.25, 0.3) is 0 Å². The Balaban J connectivity index is 1.97. The van der Waals surface area contributed by atoms with Crippen LogP contribution >= 0.6 is 0 Å². The van der Waals surface area contributed by atoms with Crippen LogP contribution in [0.4, 0.5) is 5.69 Å².